The lowest BCUT2D eigenvalue weighted by atomic mass is 10.1. The van der Waals surface area contributed by atoms with Crippen LogP contribution in [0.1, 0.15) is 18.1 Å². The fourth-order valence-electron chi connectivity index (χ4n) is 2.60. The Morgan fingerprint density at radius 1 is 1.07 bits per heavy atom. The largest absolute Gasteiger partial charge is 0.350 e. The Bertz CT molecular complexity index is 920. The summed E-state index contributed by atoms with van der Waals surface area (Å²) in [5, 5.41) is 2.81. The molecule has 1 aromatic carbocycles. The van der Waals surface area contributed by atoms with Crippen molar-refractivity contribution >= 4 is 21.8 Å². The van der Waals surface area contributed by atoms with Crippen molar-refractivity contribution in [3.8, 4) is 0 Å². The van der Waals surface area contributed by atoms with Crippen LogP contribution in [-0.2, 0) is 32.7 Å². The van der Waals surface area contributed by atoms with Crippen molar-refractivity contribution in [3.05, 3.63) is 66.0 Å². The Morgan fingerprint density at radius 2 is 1.69 bits per heavy atom. The molecule has 0 bridgehead atoms. The average molecular weight is 419 g/mol. The van der Waals surface area contributed by atoms with Crippen LogP contribution in [0.5, 0.6) is 0 Å². The maximum Gasteiger partial charge on any atom is 0.242 e. The van der Waals surface area contributed by atoms with E-state index in [4.69, 9.17) is 0 Å². The maximum atomic E-state index is 12.9. The zero-order valence-corrected chi connectivity index (χ0v) is 17.6. The van der Waals surface area contributed by atoms with Crippen LogP contribution in [0.2, 0.25) is 0 Å². The summed E-state index contributed by atoms with van der Waals surface area (Å²) < 4.78 is 24.3. The second-order valence-electron chi connectivity index (χ2n) is 6.78. The molecule has 1 aromatic heterocycles. The Balaban J connectivity index is 2.13. The molecule has 8 nitrogen and oxygen atoms in total. The number of pyridine rings is 1. The molecular weight excluding hydrogens is 392 g/mol. The van der Waals surface area contributed by atoms with Crippen LogP contribution in [0.3, 0.4) is 0 Å². The summed E-state index contributed by atoms with van der Waals surface area (Å²) in [6, 6.07) is 12.0. The van der Waals surface area contributed by atoms with Gasteiger partial charge in [0.25, 0.3) is 0 Å². The van der Waals surface area contributed by atoms with Crippen LogP contribution < -0.4 is 5.32 Å². The topological polar surface area (TPSA) is 99.7 Å². The van der Waals surface area contributed by atoms with E-state index in [1.54, 1.807) is 31.5 Å². The molecular formula is C20H26N4O4S. The summed E-state index contributed by atoms with van der Waals surface area (Å²) in [5.74, 6) is -0.776. The first-order chi connectivity index (χ1) is 13.7. The summed E-state index contributed by atoms with van der Waals surface area (Å²) in [7, 11) is -2.18. The number of rotatable bonds is 9. The van der Waals surface area contributed by atoms with E-state index in [-0.39, 0.29) is 19.0 Å². The average Bonchev–Trinajstić information content (AvgIpc) is 2.70. The van der Waals surface area contributed by atoms with Gasteiger partial charge in [-0.1, -0.05) is 30.3 Å². The molecule has 2 aromatic rings. The van der Waals surface area contributed by atoms with Crippen LogP contribution in [0.25, 0.3) is 0 Å². The van der Waals surface area contributed by atoms with Gasteiger partial charge in [-0.05, 0) is 30.2 Å². The highest BCUT2D eigenvalue weighted by atomic mass is 32.2. The number of likely N-dealkylation sites (N-methyl/N-ethyl adjacent to an activating group) is 1. The van der Waals surface area contributed by atoms with Gasteiger partial charge in [0, 0.05) is 32.5 Å². The number of aromatic nitrogens is 1. The number of benzene rings is 1. The molecule has 29 heavy (non-hydrogen) atoms. The van der Waals surface area contributed by atoms with Crippen LogP contribution in [0, 0.1) is 0 Å². The Morgan fingerprint density at radius 3 is 2.28 bits per heavy atom. The van der Waals surface area contributed by atoms with Crippen LogP contribution in [-0.4, -0.2) is 60.3 Å². The minimum absolute atomic E-state index is 0.196. The van der Waals surface area contributed by atoms with Gasteiger partial charge in [0.2, 0.25) is 21.8 Å². The van der Waals surface area contributed by atoms with Gasteiger partial charge in [-0.15, -0.1) is 0 Å². The molecule has 1 atom stereocenters. The molecule has 156 valence electrons. The molecule has 1 N–H and O–H groups in total. The number of amides is 2. The SMILES string of the molecule is C[C@@H](C(=O)NCc1ccncc1)N(Cc1ccccc1)C(=O)CN(C)S(C)(=O)=O. The van der Waals surface area contributed by atoms with Crippen molar-refractivity contribution in [2.45, 2.75) is 26.1 Å². The van der Waals surface area contributed by atoms with E-state index >= 15 is 0 Å². The molecule has 2 rings (SSSR count). The second-order valence-corrected chi connectivity index (χ2v) is 8.86. The zero-order valence-electron chi connectivity index (χ0n) is 16.8. The van der Waals surface area contributed by atoms with E-state index in [0.29, 0.717) is 6.54 Å². The third-order valence-corrected chi connectivity index (χ3v) is 5.76. The highest BCUT2D eigenvalue weighted by Crippen LogP contribution is 2.11. The van der Waals surface area contributed by atoms with E-state index in [0.717, 1.165) is 21.7 Å². The standard InChI is InChI=1S/C20H26N4O4S/c1-16(20(26)22-13-17-9-11-21-12-10-17)24(14-18-7-5-4-6-8-18)19(25)15-23(2)29(3,27)28/h4-12,16H,13-15H2,1-3H3,(H,22,26)/t16-/m0/s1. The van der Waals surface area contributed by atoms with E-state index in [2.05, 4.69) is 10.3 Å². The van der Waals surface area contributed by atoms with Gasteiger partial charge >= 0.3 is 0 Å². The second kappa shape index (κ2) is 10.1. The van der Waals surface area contributed by atoms with Crippen molar-refractivity contribution in [2.24, 2.45) is 0 Å². The maximum absolute atomic E-state index is 12.9. The van der Waals surface area contributed by atoms with E-state index in [1.807, 2.05) is 30.3 Å². The van der Waals surface area contributed by atoms with E-state index in [1.165, 1.54) is 11.9 Å². The predicted octanol–water partition coefficient (Wildman–Crippen LogP) is 1.01. The summed E-state index contributed by atoms with van der Waals surface area (Å²) >= 11 is 0. The highest BCUT2D eigenvalue weighted by Gasteiger charge is 2.28. The number of sulfonamides is 1. The number of nitrogens with one attached hydrogen (secondary N) is 1. The Hall–Kier alpha value is -2.78. The zero-order chi connectivity index (χ0) is 21.4. The lowest BCUT2D eigenvalue weighted by molar-refractivity contribution is -0.140. The van der Waals surface area contributed by atoms with E-state index in [9.17, 15) is 18.0 Å². The molecule has 0 radical (unpaired) electrons. The molecule has 0 unspecified atom stereocenters. The molecule has 9 heteroatoms. The van der Waals surface area contributed by atoms with Crippen molar-refractivity contribution in [2.75, 3.05) is 19.8 Å². The smallest absolute Gasteiger partial charge is 0.242 e. The number of hydrogen-bond donors (Lipinski definition) is 1. The predicted molar refractivity (Wildman–Crippen MR) is 110 cm³/mol. The van der Waals surface area contributed by atoms with Crippen molar-refractivity contribution < 1.29 is 18.0 Å². The summed E-state index contributed by atoms with van der Waals surface area (Å²) in [5.41, 5.74) is 1.73. The third kappa shape index (κ3) is 6.95. The molecule has 0 aliphatic rings. The minimum Gasteiger partial charge on any atom is -0.350 e. The highest BCUT2D eigenvalue weighted by molar-refractivity contribution is 7.88. The molecule has 0 saturated carbocycles. The molecule has 0 saturated heterocycles. The summed E-state index contributed by atoms with van der Waals surface area (Å²) in [6.45, 7) is 1.79. The monoisotopic (exact) mass is 418 g/mol. The van der Waals surface area contributed by atoms with Crippen molar-refractivity contribution in [1.29, 1.82) is 0 Å². The van der Waals surface area contributed by atoms with Gasteiger partial charge in [-0.3, -0.25) is 14.6 Å². The van der Waals surface area contributed by atoms with Crippen molar-refractivity contribution in [1.82, 2.24) is 19.5 Å². The fraction of sp³-hybridized carbons (Fsp3) is 0.350. The molecule has 0 spiro atoms. The summed E-state index contributed by atoms with van der Waals surface area (Å²) in [4.78, 5) is 30.9. The van der Waals surface area contributed by atoms with Gasteiger partial charge in [0.05, 0.1) is 12.8 Å². The number of carbonyl (C=O) groups is 2. The van der Waals surface area contributed by atoms with E-state index < -0.39 is 22.0 Å². The molecule has 0 aliphatic heterocycles. The first-order valence-corrected chi connectivity index (χ1v) is 10.9. The number of nitrogens with zero attached hydrogens (tertiary/aromatic N) is 3. The molecule has 2 amide bonds. The molecule has 1 heterocycles. The molecule has 0 fully saturated rings. The number of hydrogen-bond acceptors (Lipinski definition) is 5. The lowest BCUT2D eigenvalue weighted by Crippen LogP contribution is -2.50. The first kappa shape index (κ1) is 22.5. The third-order valence-electron chi connectivity index (χ3n) is 4.50. The van der Waals surface area contributed by atoms with Gasteiger partial charge in [0.15, 0.2) is 0 Å². The Labute approximate surface area is 171 Å². The van der Waals surface area contributed by atoms with Gasteiger partial charge in [-0.25, -0.2) is 8.42 Å². The van der Waals surface area contributed by atoms with Crippen LogP contribution in [0.15, 0.2) is 54.9 Å². The summed E-state index contributed by atoms with van der Waals surface area (Å²) in [6.07, 6.45) is 4.31. The molecule has 0 aliphatic carbocycles. The lowest BCUT2D eigenvalue weighted by Gasteiger charge is -2.30. The van der Waals surface area contributed by atoms with Gasteiger partial charge in [-0.2, -0.15) is 4.31 Å². The van der Waals surface area contributed by atoms with Crippen molar-refractivity contribution in [3.63, 3.8) is 0 Å². The minimum atomic E-state index is -3.52. The number of carbonyl (C=O) groups excluding carboxylic acids is 2. The van der Waals surface area contributed by atoms with Gasteiger partial charge in [0.1, 0.15) is 6.04 Å². The van der Waals surface area contributed by atoms with Crippen LogP contribution >= 0.6 is 0 Å². The van der Waals surface area contributed by atoms with Crippen LogP contribution in [0.4, 0.5) is 0 Å². The fourth-order valence-corrected chi connectivity index (χ4v) is 2.94. The quantitative estimate of drug-likeness (QED) is 0.655. The first-order valence-electron chi connectivity index (χ1n) is 9.10. The van der Waals surface area contributed by atoms with Gasteiger partial charge < -0.3 is 10.2 Å². The Kier molecular flexibility index (Phi) is 7.86. The normalized spacial score (nSPS) is 12.4.